The van der Waals surface area contributed by atoms with Crippen LogP contribution in [0, 0.1) is 5.92 Å². The Bertz CT molecular complexity index is 301. The van der Waals surface area contributed by atoms with Gasteiger partial charge in [-0.3, -0.25) is 4.79 Å². The second-order valence-electron chi connectivity index (χ2n) is 6.61. The number of nitrogens with zero attached hydrogens (tertiary/aromatic N) is 2. The van der Waals surface area contributed by atoms with Crippen LogP contribution in [0.5, 0.6) is 0 Å². The van der Waals surface area contributed by atoms with Gasteiger partial charge in [-0.25, -0.2) is 0 Å². The van der Waals surface area contributed by atoms with Crippen LogP contribution in [0.3, 0.4) is 0 Å². The van der Waals surface area contributed by atoms with Gasteiger partial charge in [0.2, 0.25) is 5.91 Å². The number of hydrogen-bond donors (Lipinski definition) is 1. The van der Waals surface area contributed by atoms with E-state index in [-0.39, 0.29) is 6.04 Å². The van der Waals surface area contributed by atoms with Gasteiger partial charge in [0, 0.05) is 19.6 Å². The maximum absolute atomic E-state index is 12.6. The Kier molecular flexibility index (Phi) is 6.97. The van der Waals surface area contributed by atoms with E-state index in [1.807, 2.05) is 0 Å². The molecule has 1 N–H and O–H groups in total. The zero-order valence-corrected chi connectivity index (χ0v) is 13.9. The lowest BCUT2D eigenvalue weighted by molar-refractivity contribution is -0.135. The minimum absolute atomic E-state index is 0.0897. The van der Waals surface area contributed by atoms with E-state index in [0.717, 1.165) is 45.1 Å². The summed E-state index contributed by atoms with van der Waals surface area (Å²) in [5, 5.41) is 3.44. The van der Waals surface area contributed by atoms with E-state index in [2.05, 4.69) is 29.0 Å². The Morgan fingerprint density at radius 1 is 1.10 bits per heavy atom. The predicted molar refractivity (Wildman–Crippen MR) is 87.4 cm³/mol. The third-order valence-corrected chi connectivity index (χ3v) is 5.20. The summed E-state index contributed by atoms with van der Waals surface area (Å²) in [5.41, 5.74) is 0. The Balaban J connectivity index is 1.76. The molecule has 0 aromatic rings. The summed E-state index contributed by atoms with van der Waals surface area (Å²) < 4.78 is 0. The monoisotopic (exact) mass is 295 g/mol. The van der Waals surface area contributed by atoms with Crippen molar-refractivity contribution in [2.24, 2.45) is 5.92 Å². The van der Waals surface area contributed by atoms with Crippen molar-refractivity contribution in [1.29, 1.82) is 0 Å². The molecular formula is C17H33N3O. The van der Waals surface area contributed by atoms with E-state index in [0.29, 0.717) is 5.91 Å². The Labute approximate surface area is 130 Å². The van der Waals surface area contributed by atoms with Gasteiger partial charge in [0.05, 0.1) is 6.04 Å². The lowest BCUT2D eigenvalue weighted by atomic mass is 9.95. The van der Waals surface area contributed by atoms with E-state index in [1.54, 1.807) is 0 Å². The molecule has 21 heavy (non-hydrogen) atoms. The van der Waals surface area contributed by atoms with Crippen LogP contribution in [-0.4, -0.2) is 61.0 Å². The van der Waals surface area contributed by atoms with Gasteiger partial charge in [-0.05, 0) is 51.2 Å². The zero-order valence-electron chi connectivity index (χ0n) is 13.9. The van der Waals surface area contributed by atoms with E-state index in [4.69, 9.17) is 0 Å². The molecule has 2 heterocycles. The van der Waals surface area contributed by atoms with Gasteiger partial charge in [-0.2, -0.15) is 0 Å². The summed E-state index contributed by atoms with van der Waals surface area (Å²) in [5.74, 6) is 1.13. The normalized spacial score (nSPS) is 25.1. The molecule has 1 unspecified atom stereocenters. The molecule has 2 rings (SSSR count). The van der Waals surface area contributed by atoms with Gasteiger partial charge >= 0.3 is 0 Å². The summed E-state index contributed by atoms with van der Waals surface area (Å²) >= 11 is 0. The maximum atomic E-state index is 12.6. The molecule has 1 atom stereocenters. The van der Waals surface area contributed by atoms with Gasteiger partial charge < -0.3 is 15.1 Å². The van der Waals surface area contributed by atoms with Crippen LogP contribution in [0.2, 0.25) is 0 Å². The number of hydrogen-bond acceptors (Lipinski definition) is 3. The molecule has 2 aliphatic rings. The van der Waals surface area contributed by atoms with Gasteiger partial charge in [-0.15, -0.1) is 0 Å². The van der Waals surface area contributed by atoms with Crippen LogP contribution in [0.15, 0.2) is 0 Å². The lowest BCUT2D eigenvalue weighted by Gasteiger charge is -2.36. The smallest absolute Gasteiger partial charge is 0.239 e. The molecule has 2 saturated heterocycles. The number of piperidine rings is 1. The summed E-state index contributed by atoms with van der Waals surface area (Å²) in [7, 11) is 0. The third-order valence-electron chi connectivity index (χ3n) is 5.20. The fourth-order valence-electron chi connectivity index (χ4n) is 3.64. The van der Waals surface area contributed by atoms with E-state index >= 15 is 0 Å². The first-order valence-electron chi connectivity index (χ1n) is 8.99. The fraction of sp³-hybridized carbons (Fsp3) is 0.941. The molecule has 0 bridgehead atoms. The molecule has 4 heteroatoms. The van der Waals surface area contributed by atoms with E-state index in [1.165, 1.54) is 38.6 Å². The number of carbonyl (C=O) groups is 1. The van der Waals surface area contributed by atoms with Crippen molar-refractivity contribution in [3.8, 4) is 0 Å². The summed E-state index contributed by atoms with van der Waals surface area (Å²) in [6.07, 6.45) is 7.06. The van der Waals surface area contributed by atoms with Crippen molar-refractivity contribution in [3.63, 3.8) is 0 Å². The van der Waals surface area contributed by atoms with Crippen molar-refractivity contribution in [1.82, 2.24) is 15.1 Å². The average Bonchev–Trinajstić information content (AvgIpc) is 2.81. The van der Waals surface area contributed by atoms with Crippen LogP contribution in [-0.2, 0) is 4.79 Å². The summed E-state index contributed by atoms with van der Waals surface area (Å²) in [6.45, 7) is 10.9. The Morgan fingerprint density at radius 2 is 1.81 bits per heavy atom. The predicted octanol–water partition coefficient (Wildman–Crippen LogP) is 2.10. The van der Waals surface area contributed by atoms with Gasteiger partial charge in [0.15, 0.2) is 0 Å². The van der Waals surface area contributed by atoms with E-state index < -0.39 is 0 Å². The van der Waals surface area contributed by atoms with Crippen LogP contribution in [0.4, 0.5) is 0 Å². The molecule has 0 aliphatic carbocycles. The first kappa shape index (κ1) is 16.8. The number of likely N-dealkylation sites (tertiary alicyclic amines) is 1. The van der Waals surface area contributed by atoms with Crippen molar-refractivity contribution in [2.45, 2.75) is 58.4 Å². The summed E-state index contributed by atoms with van der Waals surface area (Å²) in [6, 6.07) is 0.0897. The maximum Gasteiger partial charge on any atom is 0.239 e. The number of nitrogens with one attached hydrogen (secondary N) is 1. The van der Waals surface area contributed by atoms with E-state index in [9.17, 15) is 4.79 Å². The molecule has 0 saturated carbocycles. The average molecular weight is 295 g/mol. The van der Waals surface area contributed by atoms with Gasteiger partial charge in [0.1, 0.15) is 0 Å². The highest BCUT2D eigenvalue weighted by Gasteiger charge is 2.28. The first-order chi connectivity index (χ1) is 10.2. The Hall–Kier alpha value is -0.610. The molecule has 0 spiro atoms. The third kappa shape index (κ3) is 4.96. The second-order valence-corrected chi connectivity index (χ2v) is 6.61. The topological polar surface area (TPSA) is 35.6 Å². The second kappa shape index (κ2) is 8.74. The minimum atomic E-state index is 0.0897. The van der Waals surface area contributed by atoms with Gasteiger partial charge in [0.25, 0.3) is 0 Å². The van der Waals surface area contributed by atoms with Crippen molar-refractivity contribution in [2.75, 3.05) is 39.3 Å². The molecule has 2 aliphatic heterocycles. The molecule has 0 aromatic heterocycles. The first-order valence-corrected chi connectivity index (χ1v) is 8.99. The SMILES string of the molecule is CCN(CC)CC1CCN(C(=O)C2CCCCCN2)CC1. The molecule has 0 aromatic carbocycles. The largest absolute Gasteiger partial charge is 0.341 e. The van der Waals surface area contributed by atoms with Gasteiger partial charge in [-0.1, -0.05) is 26.7 Å². The Morgan fingerprint density at radius 3 is 2.48 bits per heavy atom. The molecule has 0 radical (unpaired) electrons. The number of carbonyl (C=O) groups excluding carboxylic acids is 1. The standard InChI is InChI=1S/C17H33N3O/c1-3-19(4-2)14-15-9-12-20(13-10-15)17(21)16-8-6-5-7-11-18-16/h15-16,18H,3-14H2,1-2H3. The zero-order chi connectivity index (χ0) is 15.1. The van der Waals surface area contributed by atoms with Crippen LogP contribution in [0.25, 0.3) is 0 Å². The highest BCUT2D eigenvalue weighted by Crippen LogP contribution is 2.20. The molecule has 2 fully saturated rings. The highest BCUT2D eigenvalue weighted by molar-refractivity contribution is 5.82. The summed E-state index contributed by atoms with van der Waals surface area (Å²) in [4.78, 5) is 17.2. The quantitative estimate of drug-likeness (QED) is 0.844. The van der Waals surface area contributed by atoms with Crippen LogP contribution >= 0.6 is 0 Å². The van der Waals surface area contributed by atoms with Crippen molar-refractivity contribution >= 4 is 5.91 Å². The molecular weight excluding hydrogens is 262 g/mol. The van der Waals surface area contributed by atoms with Crippen molar-refractivity contribution in [3.05, 3.63) is 0 Å². The number of amides is 1. The van der Waals surface area contributed by atoms with Crippen molar-refractivity contribution < 1.29 is 4.79 Å². The van der Waals surface area contributed by atoms with Crippen LogP contribution < -0.4 is 5.32 Å². The fourth-order valence-corrected chi connectivity index (χ4v) is 3.64. The molecule has 1 amide bonds. The highest BCUT2D eigenvalue weighted by atomic mass is 16.2. The lowest BCUT2D eigenvalue weighted by Crippen LogP contribution is -2.49. The molecule has 4 nitrogen and oxygen atoms in total. The molecule has 122 valence electrons. The number of rotatable bonds is 5. The van der Waals surface area contributed by atoms with Crippen LogP contribution in [0.1, 0.15) is 52.4 Å². The minimum Gasteiger partial charge on any atom is -0.341 e.